The monoisotopic (exact) mass is 242 g/mol. The van der Waals surface area contributed by atoms with Gasteiger partial charge in [-0.3, -0.25) is 0 Å². The van der Waals surface area contributed by atoms with Crippen LogP contribution in [0, 0.1) is 0 Å². The van der Waals surface area contributed by atoms with E-state index in [2.05, 4.69) is 4.74 Å². The molecule has 0 unspecified atom stereocenters. The van der Waals surface area contributed by atoms with Crippen LogP contribution in [0.2, 0.25) is 0 Å². The van der Waals surface area contributed by atoms with E-state index in [1.165, 1.54) is 12.1 Å². The Bertz CT molecular complexity index is 566. The highest BCUT2D eigenvalue weighted by molar-refractivity contribution is 6.03. The summed E-state index contributed by atoms with van der Waals surface area (Å²) in [5.74, 6) is -0.442. The second kappa shape index (κ2) is 3.73. The zero-order chi connectivity index (χ0) is 12.6. The topological polar surface area (TPSA) is 61.3 Å². The number of nitrogen functional groups attached to an aromatic ring is 2. The maximum atomic E-state index is 12.1. The Hall–Kier alpha value is -2.11. The molecule has 0 saturated heterocycles. The van der Waals surface area contributed by atoms with E-state index in [1.807, 2.05) is 0 Å². The van der Waals surface area contributed by atoms with Gasteiger partial charge in [0.15, 0.2) is 5.75 Å². The van der Waals surface area contributed by atoms with Gasteiger partial charge in [0.25, 0.3) is 0 Å². The Kier molecular flexibility index (Phi) is 2.49. The standard InChI is InChI=1S/C11H9F3N2O/c12-11(13,14)17-8-5-4-6-2-1-3-7(15)9(6)10(8)16/h1-5H,15-16H2. The lowest BCUT2D eigenvalue weighted by Crippen LogP contribution is -2.18. The van der Waals surface area contributed by atoms with Crippen LogP contribution in [0.3, 0.4) is 0 Å². The molecule has 0 heterocycles. The van der Waals surface area contributed by atoms with Gasteiger partial charge < -0.3 is 16.2 Å². The first-order chi connectivity index (χ1) is 7.88. The Morgan fingerprint density at radius 1 is 1.00 bits per heavy atom. The second-order valence-electron chi connectivity index (χ2n) is 3.47. The molecule has 0 aliphatic carbocycles. The molecular formula is C11H9F3N2O. The first-order valence-corrected chi connectivity index (χ1v) is 4.71. The Morgan fingerprint density at radius 2 is 1.71 bits per heavy atom. The number of alkyl halides is 3. The van der Waals surface area contributed by atoms with Gasteiger partial charge in [0.2, 0.25) is 0 Å². The number of benzene rings is 2. The molecule has 2 rings (SSSR count). The minimum Gasteiger partial charge on any atom is -0.404 e. The molecule has 4 N–H and O–H groups in total. The summed E-state index contributed by atoms with van der Waals surface area (Å²) in [5.41, 5.74) is 11.5. The van der Waals surface area contributed by atoms with Crippen molar-refractivity contribution in [3.63, 3.8) is 0 Å². The molecule has 2 aromatic carbocycles. The average molecular weight is 242 g/mol. The van der Waals surface area contributed by atoms with E-state index >= 15 is 0 Å². The van der Waals surface area contributed by atoms with Gasteiger partial charge in [-0.1, -0.05) is 18.2 Å². The maximum Gasteiger partial charge on any atom is 0.573 e. The average Bonchev–Trinajstić information content (AvgIpc) is 2.20. The van der Waals surface area contributed by atoms with E-state index in [0.717, 1.165) is 0 Å². The number of rotatable bonds is 1. The molecule has 0 radical (unpaired) electrons. The molecule has 17 heavy (non-hydrogen) atoms. The van der Waals surface area contributed by atoms with Gasteiger partial charge in [-0.2, -0.15) is 0 Å². The third kappa shape index (κ3) is 2.20. The fourth-order valence-corrected chi connectivity index (χ4v) is 1.63. The molecule has 0 amide bonds. The predicted octanol–water partition coefficient (Wildman–Crippen LogP) is 2.90. The van der Waals surface area contributed by atoms with Crippen molar-refractivity contribution in [2.24, 2.45) is 0 Å². The van der Waals surface area contributed by atoms with Gasteiger partial charge in [0.05, 0.1) is 5.69 Å². The molecule has 0 aromatic heterocycles. The van der Waals surface area contributed by atoms with E-state index in [9.17, 15) is 13.2 Å². The quantitative estimate of drug-likeness (QED) is 0.756. The Morgan fingerprint density at radius 3 is 2.35 bits per heavy atom. The summed E-state index contributed by atoms with van der Waals surface area (Å²) in [4.78, 5) is 0. The smallest absolute Gasteiger partial charge is 0.404 e. The fourth-order valence-electron chi connectivity index (χ4n) is 1.63. The highest BCUT2D eigenvalue weighted by Gasteiger charge is 2.32. The summed E-state index contributed by atoms with van der Waals surface area (Å²) in [7, 11) is 0. The number of fused-ring (bicyclic) bond motifs is 1. The van der Waals surface area contributed by atoms with Crippen LogP contribution in [0.15, 0.2) is 30.3 Å². The van der Waals surface area contributed by atoms with Crippen molar-refractivity contribution in [1.82, 2.24) is 0 Å². The van der Waals surface area contributed by atoms with Crippen molar-refractivity contribution in [3.8, 4) is 5.75 Å². The summed E-state index contributed by atoms with van der Waals surface area (Å²) >= 11 is 0. The lowest BCUT2D eigenvalue weighted by molar-refractivity contribution is -0.274. The van der Waals surface area contributed by atoms with Crippen LogP contribution in [0.1, 0.15) is 0 Å². The zero-order valence-corrected chi connectivity index (χ0v) is 8.58. The normalized spacial score (nSPS) is 11.7. The molecule has 3 nitrogen and oxygen atoms in total. The van der Waals surface area contributed by atoms with E-state index in [1.54, 1.807) is 18.2 Å². The van der Waals surface area contributed by atoms with Crippen LogP contribution in [0.25, 0.3) is 10.8 Å². The number of hydrogen-bond donors (Lipinski definition) is 2. The number of nitrogens with two attached hydrogens (primary N) is 2. The summed E-state index contributed by atoms with van der Waals surface area (Å²) in [6, 6.07) is 7.62. The van der Waals surface area contributed by atoms with Crippen LogP contribution in [0.4, 0.5) is 24.5 Å². The highest BCUT2D eigenvalue weighted by atomic mass is 19.4. The van der Waals surface area contributed by atoms with Gasteiger partial charge in [0, 0.05) is 11.1 Å². The summed E-state index contributed by atoms with van der Waals surface area (Å²) in [6.07, 6.45) is -4.77. The third-order valence-electron chi connectivity index (χ3n) is 2.30. The minimum atomic E-state index is -4.77. The maximum absolute atomic E-state index is 12.1. The van der Waals surface area contributed by atoms with Crippen molar-refractivity contribution < 1.29 is 17.9 Å². The van der Waals surface area contributed by atoms with E-state index in [-0.39, 0.29) is 5.69 Å². The molecule has 0 fully saturated rings. The number of anilines is 2. The number of halogens is 3. The third-order valence-corrected chi connectivity index (χ3v) is 2.30. The molecule has 0 bridgehead atoms. The molecule has 0 aliphatic heterocycles. The second-order valence-corrected chi connectivity index (χ2v) is 3.47. The van der Waals surface area contributed by atoms with Crippen molar-refractivity contribution in [1.29, 1.82) is 0 Å². The van der Waals surface area contributed by atoms with E-state index in [4.69, 9.17) is 11.5 Å². The number of hydrogen-bond acceptors (Lipinski definition) is 3. The molecule has 0 saturated carbocycles. The molecule has 90 valence electrons. The minimum absolute atomic E-state index is 0.113. The summed E-state index contributed by atoms with van der Waals surface area (Å²) in [6.45, 7) is 0. The van der Waals surface area contributed by atoms with Gasteiger partial charge in [-0.15, -0.1) is 13.2 Å². The highest BCUT2D eigenvalue weighted by Crippen LogP contribution is 2.36. The lowest BCUT2D eigenvalue weighted by atomic mass is 10.1. The SMILES string of the molecule is Nc1cccc2ccc(OC(F)(F)F)c(N)c12. The van der Waals surface area contributed by atoms with Crippen molar-refractivity contribution in [3.05, 3.63) is 30.3 Å². The Labute approximate surface area is 94.8 Å². The molecular weight excluding hydrogens is 233 g/mol. The first kappa shape index (κ1) is 11.4. The predicted molar refractivity (Wildman–Crippen MR) is 59.5 cm³/mol. The van der Waals surface area contributed by atoms with Crippen LogP contribution >= 0.6 is 0 Å². The van der Waals surface area contributed by atoms with E-state index in [0.29, 0.717) is 16.5 Å². The summed E-state index contributed by atoms with van der Waals surface area (Å²) in [5, 5.41) is 1.03. The number of ether oxygens (including phenoxy) is 1. The van der Waals surface area contributed by atoms with Crippen molar-refractivity contribution in [2.45, 2.75) is 6.36 Å². The van der Waals surface area contributed by atoms with Crippen molar-refractivity contribution >= 4 is 22.1 Å². The molecule has 2 aromatic rings. The zero-order valence-electron chi connectivity index (χ0n) is 8.58. The molecule has 0 aliphatic rings. The van der Waals surface area contributed by atoms with Gasteiger partial charge in [-0.25, -0.2) is 0 Å². The van der Waals surface area contributed by atoms with Crippen LogP contribution < -0.4 is 16.2 Å². The fraction of sp³-hybridized carbons (Fsp3) is 0.0909. The molecule has 0 spiro atoms. The van der Waals surface area contributed by atoms with Crippen LogP contribution in [-0.4, -0.2) is 6.36 Å². The van der Waals surface area contributed by atoms with Gasteiger partial charge >= 0.3 is 6.36 Å². The van der Waals surface area contributed by atoms with E-state index < -0.39 is 12.1 Å². The molecule has 6 heteroatoms. The lowest BCUT2D eigenvalue weighted by Gasteiger charge is -2.13. The van der Waals surface area contributed by atoms with Gasteiger partial charge in [0.1, 0.15) is 0 Å². The summed E-state index contributed by atoms with van der Waals surface area (Å²) < 4.78 is 40.2. The molecule has 0 atom stereocenters. The van der Waals surface area contributed by atoms with Crippen LogP contribution in [-0.2, 0) is 0 Å². The van der Waals surface area contributed by atoms with Gasteiger partial charge in [-0.05, 0) is 17.5 Å². The largest absolute Gasteiger partial charge is 0.573 e. The van der Waals surface area contributed by atoms with Crippen molar-refractivity contribution in [2.75, 3.05) is 11.5 Å². The Balaban J connectivity index is 2.61. The van der Waals surface area contributed by atoms with Crippen LogP contribution in [0.5, 0.6) is 5.75 Å². The first-order valence-electron chi connectivity index (χ1n) is 4.71.